The topological polar surface area (TPSA) is 57.6 Å². The van der Waals surface area contributed by atoms with Crippen LogP contribution in [0.1, 0.15) is 16.8 Å². The summed E-state index contributed by atoms with van der Waals surface area (Å²) in [7, 11) is 0. The van der Waals surface area contributed by atoms with E-state index in [2.05, 4.69) is 12.6 Å². The minimum atomic E-state index is -1.10. The summed E-state index contributed by atoms with van der Waals surface area (Å²) in [6, 6.07) is 4.55. The van der Waals surface area contributed by atoms with Crippen LogP contribution in [-0.2, 0) is 4.79 Å². The number of hydrogen-bond acceptors (Lipinski definition) is 3. The first-order chi connectivity index (χ1) is 8.00. The number of amides is 1. The van der Waals surface area contributed by atoms with Gasteiger partial charge in [0, 0.05) is 18.2 Å². The van der Waals surface area contributed by atoms with Crippen molar-refractivity contribution in [2.45, 2.75) is 11.7 Å². The van der Waals surface area contributed by atoms with Crippen LogP contribution in [0.2, 0.25) is 5.02 Å². The quantitative estimate of drug-likeness (QED) is 0.810. The number of anilines is 1. The summed E-state index contributed by atoms with van der Waals surface area (Å²) < 4.78 is 0. The van der Waals surface area contributed by atoms with Gasteiger partial charge >= 0.3 is 5.97 Å². The molecule has 0 radical (unpaired) electrons. The molecule has 6 heteroatoms. The minimum absolute atomic E-state index is 0.0354. The van der Waals surface area contributed by atoms with Gasteiger partial charge in [-0.2, -0.15) is 12.6 Å². The Bertz CT molecular complexity index is 492. The first-order valence-corrected chi connectivity index (χ1v) is 5.90. The Morgan fingerprint density at radius 1 is 1.53 bits per heavy atom. The third kappa shape index (κ3) is 2.25. The molecule has 0 bridgehead atoms. The predicted octanol–water partition coefficient (Wildman–Crippen LogP) is 2.07. The third-order valence-electron chi connectivity index (χ3n) is 2.59. The molecule has 1 aliphatic rings. The molecular formula is C11H10ClNO3S. The lowest BCUT2D eigenvalue weighted by atomic mass is 10.1. The molecule has 1 amide bonds. The van der Waals surface area contributed by atoms with E-state index in [-0.39, 0.29) is 27.4 Å². The molecule has 1 N–H and O–H groups in total. The highest BCUT2D eigenvalue weighted by Gasteiger charge is 2.32. The van der Waals surface area contributed by atoms with Crippen molar-refractivity contribution in [3.05, 3.63) is 28.8 Å². The van der Waals surface area contributed by atoms with E-state index in [1.807, 2.05) is 0 Å². The number of halogens is 1. The Balaban J connectivity index is 2.51. The van der Waals surface area contributed by atoms with E-state index in [4.69, 9.17) is 16.7 Å². The molecule has 17 heavy (non-hydrogen) atoms. The molecule has 0 aliphatic carbocycles. The molecule has 1 heterocycles. The number of thiol groups is 1. The van der Waals surface area contributed by atoms with Crippen molar-refractivity contribution in [2.75, 3.05) is 11.4 Å². The van der Waals surface area contributed by atoms with Gasteiger partial charge in [0.25, 0.3) is 0 Å². The van der Waals surface area contributed by atoms with Crippen molar-refractivity contribution in [1.29, 1.82) is 0 Å². The van der Waals surface area contributed by atoms with E-state index in [1.54, 1.807) is 12.1 Å². The first-order valence-electron chi connectivity index (χ1n) is 5.01. The molecule has 4 nitrogen and oxygen atoms in total. The fourth-order valence-electron chi connectivity index (χ4n) is 1.87. The number of hydrogen-bond donors (Lipinski definition) is 2. The van der Waals surface area contributed by atoms with Gasteiger partial charge in [-0.05, 0) is 12.1 Å². The molecule has 90 valence electrons. The highest BCUT2D eigenvalue weighted by molar-refractivity contribution is 7.81. The van der Waals surface area contributed by atoms with Gasteiger partial charge in [-0.25, -0.2) is 4.79 Å². The first kappa shape index (κ1) is 12.3. The molecule has 1 atom stereocenters. The summed E-state index contributed by atoms with van der Waals surface area (Å²) in [5.41, 5.74) is 0.302. The van der Waals surface area contributed by atoms with Gasteiger partial charge in [0.15, 0.2) is 0 Å². The Hall–Kier alpha value is -1.20. The fraction of sp³-hybridized carbons (Fsp3) is 0.273. The zero-order valence-electron chi connectivity index (χ0n) is 8.76. The number of para-hydroxylation sites is 1. The van der Waals surface area contributed by atoms with Gasteiger partial charge in [0.2, 0.25) is 5.91 Å². The van der Waals surface area contributed by atoms with E-state index in [9.17, 15) is 9.59 Å². The summed E-state index contributed by atoms with van der Waals surface area (Å²) in [5.74, 6) is -1.25. The highest BCUT2D eigenvalue weighted by atomic mass is 35.5. The number of carboxylic acid groups (broad SMARTS) is 1. The Morgan fingerprint density at radius 3 is 2.76 bits per heavy atom. The number of carbonyl (C=O) groups is 2. The SMILES string of the molecule is O=C(O)c1cccc(Cl)c1N1CC(S)CC1=O. The molecule has 1 aromatic rings. The summed E-state index contributed by atoms with van der Waals surface area (Å²) in [6.45, 7) is 0.381. The molecule has 1 unspecified atom stereocenters. The van der Waals surface area contributed by atoms with Crippen LogP contribution in [-0.4, -0.2) is 28.8 Å². The van der Waals surface area contributed by atoms with Crippen LogP contribution in [0.5, 0.6) is 0 Å². The molecule has 0 spiro atoms. The summed E-state index contributed by atoms with van der Waals surface area (Å²) in [4.78, 5) is 24.2. The summed E-state index contributed by atoms with van der Waals surface area (Å²) in [5, 5.41) is 9.27. The second-order valence-electron chi connectivity index (χ2n) is 3.80. The average molecular weight is 272 g/mol. The fourth-order valence-corrected chi connectivity index (χ4v) is 2.46. The maximum absolute atomic E-state index is 11.7. The van der Waals surface area contributed by atoms with Crippen LogP contribution >= 0.6 is 24.2 Å². The minimum Gasteiger partial charge on any atom is -0.478 e. The third-order valence-corrected chi connectivity index (χ3v) is 3.24. The number of nitrogens with zero attached hydrogens (tertiary/aromatic N) is 1. The zero-order chi connectivity index (χ0) is 12.6. The molecule has 2 rings (SSSR count). The van der Waals surface area contributed by atoms with E-state index in [0.717, 1.165) is 0 Å². The Morgan fingerprint density at radius 2 is 2.24 bits per heavy atom. The van der Waals surface area contributed by atoms with E-state index < -0.39 is 5.97 Å². The second-order valence-corrected chi connectivity index (χ2v) is 4.94. The highest BCUT2D eigenvalue weighted by Crippen LogP contribution is 2.33. The van der Waals surface area contributed by atoms with E-state index >= 15 is 0 Å². The van der Waals surface area contributed by atoms with Crippen LogP contribution in [0.4, 0.5) is 5.69 Å². The number of benzene rings is 1. The van der Waals surface area contributed by atoms with Crippen LogP contribution in [0.15, 0.2) is 18.2 Å². The van der Waals surface area contributed by atoms with Crippen molar-refractivity contribution in [1.82, 2.24) is 0 Å². The standard InChI is InChI=1S/C11H10ClNO3S/c12-8-3-1-2-7(11(15)16)10(8)13-5-6(17)4-9(13)14/h1-3,6,17H,4-5H2,(H,15,16). The lowest BCUT2D eigenvalue weighted by molar-refractivity contribution is -0.117. The average Bonchev–Trinajstić information content (AvgIpc) is 2.57. The van der Waals surface area contributed by atoms with Gasteiger partial charge in [-0.15, -0.1) is 0 Å². The normalized spacial score (nSPS) is 19.8. The lowest BCUT2D eigenvalue weighted by Gasteiger charge is -2.19. The van der Waals surface area contributed by atoms with E-state index in [0.29, 0.717) is 13.0 Å². The Kier molecular flexibility index (Phi) is 3.31. The molecule has 0 aromatic heterocycles. The largest absolute Gasteiger partial charge is 0.478 e. The van der Waals surface area contributed by atoms with Crippen molar-refractivity contribution in [2.24, 2.45) is 0 Å². The van der Waals surface area contributed by atoms with Crippen LogP contribution in [0, 0.1) is 0 Å². The smallest absolute Gasteiger partial charge is 0.337 e. The van der Waals surface area contributed by atoms with Crippen molar-refractivity contribution < 1.29 is 14.7 Å². The maximum atomic E-state index is 11.7. The summed E-state index contributed by atoms with van der Waals surface area (Å²) >= 11 is 10.2. The van der Waals surface area contributed by atoms with Crippen molar-refractivity contribution in [3.8, 4) is 0 Å². The van der Waals surface area contributed by atoms with Gasteiger partial charge in [-0.1, -0.05) is 17.7 Å². The second kappa shape index (κ2) is 4.58. The zero-order valence-corrected chi connectivity index (χ0v) is 10.4. The molecule has 1 fully saturated rings. The van der Waals surface area contributed by atoms with Crippen LogP contribution in [0.25, 0.3) is 0 Å². The van der Waals surface area contributed by atoms with Gasteiger partial charge < -0.3 is 10.0 Å². The molecule has 1 saturated heterocycles. The molecule has 1 aromatic carbocycles. The number of carbonyl (C=O) groups excluding carboxylic acids is 1. The molecular weight excluding hydrogens is 262 g/mol. The van der Waals surface area contributed by atoms with Crippen molar-refractivity contribution >= 4 is 41.8 Å². The maximum Gasteiger partial charge on any atom is 0.337 e. The summed E-state index contributed by atoms with van der Waals surface area (Å²) in [6.07, 6.45) is 0.299. The van der Waals surface area contributed by atoms with Gasteiger partial charge in [0.05, 0.1) is 16.3 Å². The lowest BCUT2D eigenvalue weighted by Crippen LogP contribution is -2.27. The number of carboxylic acids is 1. The van der Waals surface area contributed by atoms with E-state index in [1.165, 1.54) is 11.0 Å². The monoisotopic (exact) mass is 271 g/mol. The van der Waals surface area contributed by atoms with Crippen molar-refractivity contribution in [3.63, 3.8) is 0 Å². The number of aromatic carboxylic acids is 1. The van der Waals surface area contributed by atoms with Gasteiger partial charge in [-0.3, -0.25) is 4.79 Å². The van der Waals surface area contributed by atoms with Crippen LogP contribution < -0.4 is 4.90 Å². The number of rotatable bonds is 2. The Labute approximate surface area is 109 Å². The molecule has 0 saturated carbocycles. The molecule has 1 aliphatic heterocycles. The van der Waals surface area contributed by atoms with Gasteiger partial charge in [0.1, 0.15) is 0 Å². The van der Waals surface area contributed by atoms with Crippen LogP contribution in [0.3, 0.4) is 0 Å². The predicted molar refractivity (Wildman–Crippen MR) is 68.2 cm³/mol.